The molecule has 0 saturated heterocycles. The molecule has 9 heteroatoms. The van der Waals surface area contributed by atoms with E-state index < -0.39 is 23.9 Å². The number of rotatable bonds is 0. The number of carboxylic acid groups (broad SMARTS) is 4. The first-order valence-corrected chi connectivity index (χ1v) is 3.65. The summed E-state index contributed by atoms with van der Waals surface area (Å²) < 4.78 is 0. The van der Waals surface area contributed by atoms with Gasteiger partial charge in [0.15, 0.2) is 0 Å². The third-order valence-corrected chi connectivity index (χ3v) is 0. The number of aliphatic carboxylic acids is 4. The minimum absolute atomic E-state index is 0. The summed E-state index contributed by atoms with van der Waals surface area (Å²) >= 11 is 0. The quantitative estimate of drug-likeness (QED) is 0.478. The van der Waals surface area contributed by atoms with E-state index in [0.717, 1.165) is 27.7 Å². The second kappa shape index (κ2) is 23.9. The molecule has 1 N–H and O–H groups in total. The molecule has 0 aliphatic rings. The number of carbonyl (C=O) groups excluding carboxylic acids is 3. The minimum Gasteiger partial charge on any atom is -0.550 e. The number of carboxylic acids is 4. The van der Waals surface area contributed by atoms with Crippen molar-refractivity contribution in [1.82, 2.24) is 0 Å². The maximum absolute atomic E-state index is 9.00. The van der Waals surface area contributed by atoms with Crippen molar-refractivity contribution < 1.29 is 57.0 Å². The first kappa shape index (κ1) is 29.5. The molecule has 0 rings (SSSR count). The number of carbonyl (C=O) groups is 4. The molecule has 0 saturated carbocycles. The van der Waals surface area contributed by atoms with E-state index in [-0.39, 0.29) is 17.4 Å². The fourth-order valence-electron chi connectivity index (χ4n) is 0. The van der Waals surface area contributed by atoms with Gasteiger partial charge >= 0.3 is 17.4 Å². The molecule has 0 spiro atoms. The average Bonchev–Trinajstić information content (AvgIpc) is 1.76. The Kier molecular flexibility index (Phi) is 41.5. The van der Waals surface area contributed by atoms with E-state index in [0.29, 0.717) is 0 Å². The van der Waals surface area contributed by atoms with Crippen molar-refractivity contribution in [3.63, 3.8) is 0 Å². The Bertz CT molecular complexity index is 162. The molecule has 8 nitrogen and oxygen atoms in total. The van der Waals surface area contributed by atoms with Gasteiger partial charge in [0, 0.05) is 24.8 Å². The summed E-state index contributed by atoms with van der Waals surface area (Å²) in [4.78, 5) is 35.7. The van der Waals surface area contributed by atoms with Gasteiger partial charge in [-0.1, -0.05) is 0 Å². The van der Waals surface area contributed by atoms with Crippen LogP contribution in [0.2, 0.25) is 0 Å². The minimum atomic E-state index is -1.08. The van der Waals surface area contributed by atoms with Gasteiger partial charge in [-0.05, 0) is 20.8 Å². The second-order valence-electron chi connectivity index (χ2n) is 1.99. The molecule has 0 bridgehead atoms. The predicted molar refractivity (Wildman–Crippen MR) is 45.4 cm³/mol. The van der Waals surface area contributed by atoms with Crippen LogP contribution in [-0.4, -0.2) is 29.0 Å². The third-order valence-electron chi connectivity index (χ3n) is 0. The van der Waals surface area contributed by atoms with Gasteiger partial charge in [0.25, 0.3) is 5.97 Å². The van der Waals surface area contributed by atoms with Crippen molar-refractivity contribution in [3.05, 3.63) is 0 Å². The van der Waals surface area contributed by atoms with Gasteiger partial charge in [-0.25, -0.2) is 0 Å². The Morgan fingerprint density at radius 2 is 0.706 bits per heavy atom. The first-order valence-electron chi connectivity index (χ1n) is 3.65. The summed E-state index contributed by atoms with van der Waals surface area (Å²) in [5.41, 5.74) is 0. The van der Waals surface area contributed by atoms with Crippen molar-refractivity contribution in [3.8, 4) is 0 Å². The average molecular weight is 289 g/mol. The summed E-state index contributed by atoms with van der Waals surface area (Å²) in [6.07, 6.45) is 0. The summed E-state index contributed by atoms with van der Waals surface area (Å²) in [6.45, 7) is 4.00. The molecule has 0 aromatic rings. The second-order valence-corrected chi connectivity index (χ2v) is 1.99. The molecule has 99 valence electrons. The van der Waals surface area contributed by atoms with Crippen LogP contribution in [0.4, 0.5) is 0 Å². The molecule has 1 radical (unpaired) electrons. The smallest absolute Gasteiger partial charge is 0.550 e. The van der Waals surface area contributed by atoms with Crippen LogP contribution in [0.1, 0.15) is 27.7 Å². The van der Waals surface area contributed by atoms with Gasteiger partial charge in [-0.15, -0.1) is 0 Å². The van der Waals surface area contributed by atoms with Crippen LogP contribution in [0.25, 0.3) is 0 Å². The summed E-state index contributed by atoms with van der Waals surface area (Å²) in [5.74, 6) is -4.08. The molecule has 0 aliphatic carbocycles. The van der Waals surface area contributed by atoms with Crippen LogP contribution >= 0.6 is 0 Å². The van der Waals surface area contributed by atoms with Gasteiger partial charge < -0.3 is 34.8 Å². The number of hydrogen-bond donors (Lipinski definition) is 1. The van der Waals surface area contributed by atoms with Gasteiger partial charge in [0.1, 0.15) is 0 Å². The Balaban J connectivity index is -0.0000000369. The molecular weight excluding hydrogens is 276 g/mol. The van der Waals surface area contributed by atoms with Crippen LogP contribution in [0.5, 0.6) is 0 Å². The van der Waals surface area contributed by atoms with Crippen molar-refractivity contribution in [2.24, 2.45) is 0 Å². The maximum Gasteiger partial charge on any atom is 3.00 e. The zero-order valence-electron chi connectivity index (χ0n) is 9.71. The van der Waals surface area contributed by atoms with E-state index in [1.54, 1.807) is 0 Å². The summed E-state index contributed by atoms with van der Waals surface area (Å²) in [7, 11) is 0. The van der Waals surface area contributed by atoms with Crippen LogP contribution < -0.4 is 15.3 Å². The standard InChI is InChI=1S/4C2H4O2.Cr/c4*1-2(3)4;/h4*1H3,(H,3,4);/q;;;;+3/p-3. The molecule has 0 heterocycles. The van der Waals surface area contributed by atoms with E-state index in [9.17, 15) is 0 Å². The fraction of sp³-hybridized carbons (Fsp3) is 0.500. The van der Waals surface area contributed by atoms with Crippen LogP contribution in [-0.2, 0) is 36.5 Å². The Labute approximate surface area is 109 Å². The molecular formula is C8H13CrO8. The first-order chi connectivity index (χ1) is 6.93. The Morgan fingerprint density at radius 3 is 0.706 bits per heavy atom. The Hall–Kier alpha value is -1.59. The monoisotopic (exact) mass is 289 g/mol. The predicted octanol–water partition coefficient (Wildman–Crippen LogP) is -3.64. The van der Waals surface area contributed by atoms with Gasteiger partial charge in [-0.3, -0.25) is 4.79 Å². The third kappa shape index (κ3) is 881. The Morgan fingerprint density at radius 1 is 0.706 bits per heavy atom. The molecule has 0 unspecified atom stereocenters. The zero-order valence-corrected chi connectivity index (χ0v) is 11.0. The molecule has 0 atom stereocenters. The molecule has 0 aliphatic heterocycles. The van der Waals surface area contributed by atoms with E-state index in [1.165, 1.54) is 0 Å². The van der Waals surface area contributed by atoms with E-state index in [2.05, 4.69) is 0 Å². The normalized spacial score (nSPS) is 5.88. The summed E-state index contributed by atoms with van der Waals surface area (Å²) in [6, 6.07) is 0. The van der Waals surface area contributed by atoms with E-state index >= 15 is 0 Å². The van der Waals surface area contributed by atoms with Crippen LogP contribution in [0.3, 0.4) is 0 Å². The molecule has 0 aromatic carbocycles. The van der Waals surface area contributed by atoms with Gasteiger partial charge in [0.05, 0.1) is 0 Å². The maximum atomic E-state index is 9.00. The fourth-order valence-corrected chi connectivity index (χ4v) is 0. The van der Waals surface area contributed by atoms with Crippen LogP contribution in [0.15, 0.2) is 0 Å². The van der Waals surface area contributed by atoms with Crippen molar-refractivity contribution in [1.29, 1.82) is 0 Å². The van der Waals surface area contributed by atoms with Gasteiger partial charge in [-0.2, -0.15) is 0 Å². The van der Waals surface area contributed by atoms with Crippen molar-refractivity contribution in [2.45, 2.75) is 27.7 Å². The molecule has 17 heavy (non-hydrogen) atoms. The van der Waals surface area contributed by atoms with Gasteiger partial charge in [0.2, 0.25) is 0 Å². The van der Waals surface area contributed by atoms with Crippen molar-refractivity contribution >= 4 is 23.9 Å². The molecule has 0 aromatic heterocycles. The summed E-state index contributed by atoms with van der Waals surface area (Å²) in [5, 5.41) is 34.1. The van der Waals surface area contributed by atoms with E-state index in [1.807, 2.05) is 0 Å². The topological polar surface area (TPSA) is 158 Å². The molecule has 0 fully saturated rings. The zero-order chi connectivity index (χ0) is 14.3. The number of hydrogen-bond acceptors (Lipinski definition) is 7. The van der Waals surface area contributed by atoms with E-state index in [4.69, 9.17) is 39.6 Å². The molecule has 0 amide bonds. The largest absolute Gasteiger partial charge is 3.00 e. The SMILES string of the molecule is CC(=O)O.CC(=O)[O-].CC(=O)[O-].CC(=O)[O-].[Cr+3]. The van der Waals surface area contributed by atoms with Crippen molar-refractivity contribution in [2.75, 3.05) is 0 Å². The van der Waals surface area contributed by atoms with Crippen LogP contribution in [0, 0.1) is 0 Å².